The Labute approximate surface area is 118 Å². The molecule has 114 valence electrons. The number of aromatic nitrogens is 2. The molecule has 1 saturated carbocycles. The van der Waals surface area contributed by atoms with Crippen LogP contribution in [-0.4, -0.2) is 28.2 Å². The number of hydrogen-bond donors (Lipinski definition) is 2. The van der Waals surface area contributed by atoms with E-state index in [9.17, 15) is 13.2 Å². The van der Waals surface area contributed by atoms with Crippen molar-refractivity contribution >= 4 is 15.8 Å². The van der Waals surface area contributed by atoms with Crippen LogP contribution in [-0.2, 0) is 17.2 Å². The van der Waals surface area contributed by atoms with Gasteiger partial charge in [-0.15, -0.1) is 0 Å². The molecule has 0 amide bonds. The van der Waals surface area contributed by atoms with E-state index in [0.717, 1.165) is 25.7 Å². The van der Waals surface area contributed by atoms with Crippen LogP contribution in [0.1, 0.15) is 43.8 Å². The van der Waals surface area contributed by atoms with Gasteiger partial charge in [0.2, 0.25) is 0 Å². The quantitative estimate of drug-likeness (QED) is 0.817. The van der Waals surface area contributed by atoms with Crippen LogP contribution in [0.4, 0.5) is 5.69 Å². The van der Waals surface area contributed by atoms with Gasteiger partial charge in [0.05, 0.1) is 11.7 Å². The molecule has 1 aliphatic rings. The van der Waals surface area contributed by atoms with Gasteiger partial charge in [-0.3, -0.25) is 14.0 Å². The maximum absolute atomic E-state index is 12.4. The second-order valence-corrected chi connectivity index (χ2v) is 6.78. The second kappa shape index (κ2) is 5.61. The maximum Gasteiger partial charge on any atom is 0.290 e. The van der Waals surface area contributed by atoms with E-state index in [-0.39, 0.29) is 17.3 Å². The summed E-state index contributed by atoms with van der Waals surface area (Å²) in [5.41, 5.74) is 0.695. The van der Waals surface area contributed by atoms with Crippen molar-refractivity contribution in [3.63, 3.8) is 0 Å². The first-order valence-electron chi connectivity index (χ1n) is 6.78. The Hall–Kier alpha value is -1.28. The fraction of sp³-hybridized carbons (Fsp3) is 0.750. The first-order valence-corrected chi connectivity index (χ1v) is 8.39. The normalized spacial score (nSPS) is 17.4. The van der Waals surface area contributed by atoms with E-state index in [1.165, 1.54) is 6.42 Å². The lowest BCUT2D eigenvalue weighted by atomic mass is 9.96. The first kappa shape index (κ1) is 15.1. The molecule has 1 aromatic heterocycles. The number of anilines is 1. The fourth-order valence-corrected chi connectivity index (χ4v) is 3.16. The lowest BCUT2D eigenvalue weighted by Crippen LogP contribution is -2.29. The zero-order valence-corrected chi connectivity index (χ0v) is 12.6. The van der Waals surface area contributed by atoms with Crippen molar-refractivity contribution in [2.24, 2.45) is 7.05 Å². The molecule has 0 saturated heterocycles. The van der Waals surface area contributed by atoms with Crippen molar-refractivity contribution in [1.82, 2.24) is 9.36 Å². The highest BCUT2D eigenvalue weighted by Crippen LogP contribution is 2.28. The van der Waals surface area contributed by atoms with Crippen LogP contribution in [0.25, 0.3) is 0 Å². The van der Waals surface area contributed by atoms with E-state index in [1.54, 1.807) is 23.3 Å². The predicted molar refractivity (Wildman–Crippen MR) is 76.6 cm³/mol. The molecule has 0 aromatic carbocycles. The highest BCUT2D eigenvalue weighted by molar-refractivity contribution is 7.85. The molecule has 7 nitrogen and oxygen atoms in total. The van der Waals surface area contributed by atoms with E-state index in [2.05, 4.69) is 5.32 Å². The van der Waals surface area contributed by atoms with Gasteiger partial charge in [0.25, 0.3) is 15.7 Å². The van der Waals surface area contributed by atoms with Gasteiger partial charge in [0, 0.05) is 7.05 Å². The minimum absolute atomic E-state index is 0.168. The molecule has 0 bridgehead atoms. The topological polar surface area (TPSA) is 93.3 Å². The molecule has 0 atom stereocenters. The summed E-state index contributed by atoms with van der Waals surface area (Å²) in [5, 5.41) is 2.53. The fourth-order valence-electron chi connectivity index (χ4n) is 2.83. The van der Waals surface area contributed by atoms with Crippen LogP contribution in [0.15, 0.2) is 4.79 Å². The number of nitrogens with zero attached hydrogens (tertiary/aromatic N) is 2. The molecule has 0 aliphatic heterocycles. The molecule has 8 heteroatoms. The highest BCUT2D eigenvalue weighted by Gasteiger charge is 2.23. The predicted octanol–water partition coefficient (Wildman–Crippen LogP) is 1.26. The Morgan fingerprint density at radius 1 is 1.30 bits per heavy atom. The maximum atomic E-state index is 12.4. The van der Waals surface area contributed by atoms with Crippen LogP contribution < -0.4 is 10.9 Å². The monoisotopic (exact) mass is 303 g/mol. The van der Waals surface area contributed by atoms with Crippen molar-refractivity contribution < 1.29 is 13.0 Å². The molecule has 2 N–H and O–H groups in total. The summed E-state index contributed by atoms with van der Waals surface area (Å²) in [4.78, 5) is 12.4. The summed E-state index contributed by atoms with van der Waals surface area (Å²) in [6.45, 7) is 1.76. The Bertz CT molecular complexity index is 638. The van der Waals surface area contributed by atoms with Crippen molar-refractivity contribution in [2.45, 2.75) is 45.1 Å². The van der Waals surface area contributed by atoms with Crippen molar-refractivity contribution in [1.29, 1.82) is 0 Å². The van der Waals surface area contributed by atoms with E-state index in [4.69, 9.17) is 4.55 Å². The van der Waals surface area contributed by atoms with Gasteiger partial charge < -0.3 is 5.32 Å². The van der Waals surface area contributed by atoms with Gasteiger partial charge in [-0.2, -0.15) is 8.42 Å². The summed E-state index contributed by atoms with van der Waals surface area (Å²) < 4.78 is 33.8. The molecule has 1 aliphatic carbocycles. The molecule has 20 heavy (non-hydrogen) atoms. The lowest BCUT2D eigenvalue weighted by molar-refractivity contribution is 0.293. The number of hydrogen-bond acceptors (Lipinski definition) is 4. The molecule has 0 radical (unpaired) electrons. The molecule has 0 unspecified atom stereocenters. The summed E-state index contributed by atoms with van der Waals surface area (Å²) in [7, 11) is -2.36. The number of rotatable bonds is 4. The zero-order valence-electron chi connectivity index (χ0n) is 11.8. The summed E-state index contributed by atoms with van der Waals surface area (Å²) in [5.74, 6) is -0.655. The Kier molecular flexibility index (Phi) is 4.24. The van der Waals surface area contributed by atoms with E-state index >= 15 is 0 Å². The average molecular weight is 303 g/mol. The lowest BCUT2D eigenvalue weighted by Gasteiger charge is -2.24. The van der Waals surface area contributed by atoms with Gasteiger partial charge in [0.15, 0.2) is 0 Å². The molecule has 1 heterocycles. The molecule has 1 fully saturated rings. The van der Waals surface area contributed by atoms with Crippen LogP contribution in [0.3, 0.4) is 0 Å². The molecule has 1 aromatic rings. The van der Waals surface area contributed by atoms with Gasteiger partial charge in [-0.05, 0) is 19.8 Å². The minimum Gasteiger partial charge on any atom is -0.364 e. The third-order valence-corrected chi connectivity index (χ3v) is 4.45. The molecule has 2 rings (SSSR count). The van der Waals surface area contributed by atoms with Crippen LogP contribution in [0.2, 0.25) is 0 Å². The third-order valence-electron chi connectivity index (χ3n) is 3.94. The summed E-state index contributed by atoms with van der Waals surface area (Å²) in [6, 6.07) is 0.168. The van der Waals surface area contributed by atoms with Crippen LogP contribution >= 0.6 is 0 Å². The van der Waals surface area contributed by atoms with Crippen molar-refractivity contribution in [3.05, 3.63) is 16.0 Å². The summed E-state index contributed by atoms with van der Waals surface area (Å²) >= 11 is 0. The SMILES string of the molecule is Cc1c(NCS(=O)(=O)O)c(=O)n(C2CCCCC2)n1C. The van der Waals surface area contributed by atoms with Gasteiger partial charge in [-0.1, -0.05) is 19.3 Å². The van der Waals surface area contributed by atoms with Crippen molar-refractivity contribution in [2.75, 3.05) is 11.2 Å². The molecular weight excluding hydrogens is 282 g/mol. The van der Waals surface area contributed by atoms with Crippen LogP contribution in [0.5, 0.6) is 0 Å². The Morgan fingerprint density at radius 2 is 1.90 bits per heavy atom. The summed E-state index contributed by atoms with van der Waals surface area (Å²) in [6.07, 6.45) is 5.34. The third kappa shape index (κ3) is 3.06. The molecule has 0 spiro atoms. The number of nitrogens with one attached hydrogen (secondary N) is 1. The Morgan fingerprint density at radius 3 is 2.45 bits per heavy atom. The standard InChI is InChI=1S/C12H21N3O4S/c1-9-11(13-8-20(17,18)19)12(16)15(14(9)2)10-6-4-3-5-7-10/h10,13H,3-8H2,1-2H3,(H,17,18,19). The van der Waals surface area contributed by atoms with Crippen molar-refractivity contribution in [3.8, 4) is 0 Å². The van der Waals surface area contributed by atoms with Gasteiger partial charge >= 0.3 is 0 Å². The second-order valence-electron chi connectivity index (χ2n) is 5.33. The van der Waals surface area contributed by atoms with Crippen LogP contribution in [0, 0.1) is 6.92 Å². The molecular formula is C12H21N3O4S. The van der Waals surface area contributed by atoms with Gasteiger partial charge in [-0.25, -0.2) is 4.68 Å². The zero-order chi connectivity index (χ0) is 14.9. The smallest absolute Gasteiger partial charge is 0.290 e. The van der Waals surface area contributed by atoms with E-state index in [0.29, 0.717) is 5.69 Å². The first-order chi connectivity index (χ1) is 9.31. The highest BCUT2D eigenvalue weighted by atomic mass is 32.2. The largest absolute Gasteiger partial charge is 0.364 e. The minimum atomic E-state index is -4.15. The Balaban J connectivity index is 2.33. The van der Waals surface area contributed by atoms with Gasteiger partial charge in [0.1, 0.15) is 11.6 Å². The van der Waals surface area contributed by atoms with E-state index < -0.39 is 16.0 Å². The van der Waals surface area contributed by atoms with E-state index in [1.807, 2.05) is 0 Å². The average Bonchev–Trinajstić information content (AvgIpc) is 2.59.